The van der Waals surface area contributed by atoms with Gasteiger partial charge in [0.2, 0.25) is 0 Å². The molecule has 0 unspecified atom stereocenters. The van der Waals surface area contributed by atoms with Crippen LogP contribution in [-0.2, 0) is 16.0 Å². The van der Waals surface area contributed by atoms with Crippen LogP contribution in [0.15, 0.2) is 16.6 Å². The second-order valence-corrected chi connectivity index (χ2v) is 5.03. The Labute approximate surface area is 116 Å². The average Bonchev–Trinajstić information content (AvgIpc) is 2.23. The van der Waals surface area contributed by atoms with Gasteiger partial charge in [-0.15, -0.1) is 0 Å². The Kier molecular flexibility index (Phi) is 5.22. The summed E-state index contributed by atoms with van der Waals surface area (Å²) < 4.78 is 6.47. The highest BCUT2D eigenvalue weighted by Gasteiger charge is 2.10. The lowest BCUT2D eigenvalue weighted by Crippen LogP contribution is -2.08. The Morgan fingerprint density at radius 3 is 2.88 bits per heavy atom. The lowest BCUT2D eigenvalue weighted by Gasteiger charge is -2.06. The van der Waals surface area contributed by atoms with Crippen LogP contribution in [0.3, 0.4) is 0 Å². The Bertz CT molecular complexity index is 454. The highest BCUT2D eigenvalue weighted by atomic mass is 127. The molecule has 5 heteroatoms. The van der Waals surface area contributed by atoms with Gasteiger partial charge >= 0.3 is 5.97 Å². The number of carbonyl (C=O) groups excluding carboxylic acids is 1. The monoisotopic (exact) mass is 393 g/mol. The number of nitrogens with zero attached hydrogens (tertiary/aromatic N) is 1. The molecule has 0 aliphatic rings. The van der Waals surface area contributed by atoms with E-state index >= 15 is 0 Å². The van der Waals surface area contributed by atoms with Crippen LogP contribution in [0.25, 0.3) is 0 Å². The molecule has 0 amide bonds. The number of hydrogen-bond donors (Lipinski definition) is 0. The number of benzene rings is 1. The Hall–Kier alpha value is -0.610. The lowest BCUT2D eigenvalue weighted by atomic mass is 10.1. The maximum absolute atomic E-state index is 11.3. The molecule has 0 N–H and O–H groups in total. The number of carbonyl (C=O) groups is 1. The van der Waals surface area contributed by atoms with Gasteiger partial charge in [-0.05, 0) is 47.2 Å². The number of ether oxygens (including phenoxy) is 1. The maximum atomic E-state index is 11.3. The van der Waals surface area contributed by atoms with E-state index in [1.165, 1.54) is 0 Å². The van der Waals surface area contributed by atoms with Crippen molar-refractivity contribution in [2.75, 3.05) is 6.61 Å². The van der Waals surface area contributed by atoms with E-state index in [4.69, 9.17) is 10.00 Å². The average molecular weight is 394 g/mol. The molecule has 0 fully saturated rings. The highest BCUT2D eigenvalue weighted by molar-refractivity contribution is 14.1. The fourth-order valence-electron chi connectivity index (χ4n) is 1.18. The minimum Gasteiger partial charge on any atom is -0.466 e. The van der Waals surface area contributed by atoms with Gasteiger partial charge in [-0.25, -0.2) is 0 Å². The summed E-state index contributed by atoms with van der Waals surface area (Å²) in [7, 11) is 0. The largest absolute Gasteiger partial charge is 0.466 e. The molecule has 0 aromatic heterocycles. The van der Waals surface area contributed by atoms with E-state index in [-0.39, 0.29) is 12.4 Å². The standard InChI is InChI=1S/C11H9BrINO2/c1-2-16-11(15)5-7-4-10(13)8(6-14)3-9(7)12/h3-4H,2,5H2,1H3. The molecule has 0 spiro atoms. The molecular formula is C11H9BrINO2. The van der Waals surface area contributed by atoms with Gasteiger partial charge in [-0.3, -0.25) is 4.79 Å². The molecule has 0 aliphatic heterocycles. The zero-order valence-corrected chi connectivity index (χ0v) is 12.3. The topological polar surface area (TPSA) is 50.1 Å². The number of nitriles is 1. The van der Waals surface area contributed by atoms with E-state index < -0.39 is 0 Å². The predicted molar refractivity (Wildman–Crippen MR) is 71.9 cm³/mol. The maximum Gasteiger partial charge on any atom is 0.310 e. The van der Waals surface area contributed by atoms with Crippen LogP contribution in [0.1, 0.15) is 18.1 Å². The summed E-state index contributed by atoms with van der Waals surface area (Å²) in [5.74, 6) is -0.260. The Morgan fingerprint density at radius 2 is 2.31 bits per heavy atom. The van der Waals surface area contributed by atoms with E-state index in [1.807, 2.05) is 6.07 Å². The lowest BCUT2D eigenvalue weighted by molar-refractivity contribution is -0.142. The van der Waals surface area contributed by atoms with Gasteiger partial charge in [0.1, 0.15) is 6.07 Å². The van der Waals surface area contributed by atoms with Crippen LogP contribution >= 0.6 is 38.5 Å². The first-order chi connectivity index (χ1) is 7.58. The van der Waals surface area contributed by atoms with Crippen molar-refractivity contribution < 1.29 is 9.53 Å². The van der Waals surface area contributed by atoms with E-state index in [9.17, 15) is 4.79 Å². The molecule has 0 atom stereocenters. The van der Waals surface area contributed by atoms with E-state index in [0.717, 1.165) is 13.6 Å². The SMILES string of the molecule is CCOC(=O)Cc1cc(I)c(C#N)cc1Br. The van der Waals surface area contributed by atoms with Crippen LogP contribution < -0.4 is 0 Å². The summed E-state index contributed by atoms with van der Waals surface area (Å²) in [5.41, 5.74) is 1.43. The fourth-order valence-corrected chi connectivity index (χ4v) is 2.31. The third kappa shape index (κ3) is 3.46. The third-order valence-electron chi connectivity index (χ3n) is 1.90. The molecule has 0 bridgehead atoms. The number of hydrogen-bond acceptors (Lipinski definition) is 3. The molecule has 1 aromatic rings. The van der Waals surface area contributed by atoms with Gasteiger partial charge in [-0.2, -0.15) is 5.26 Å². The summed E-state index contributed by atoms with van der Waals surface area (Å²) in [6, 6.07) is 5.63. The molecule has 0 saturated carbocycles. The van der Waals surface area contributed by atoms with Gasteiger partial charge < -0.3 is 4.74 Å². The van der Waals surface area contributed by atoms with E-state index in [0.29, 0.717) is 12.2 Å². The van der Waals surface area contributed by atoms with Gasteiger partial charge in [0, 0.05) is 8.04 Å². The first-order valence-electron chi connectivity index (χ1n) is 4.62. The first-order valence-corrected chi connectivity index (χ1v) is 6.49. The molecule has 0 heterocycles. The van der Waals surface area contributed by atoms with Crippen molar-refractivity contribution in [1.29, 1.82) is 5.26 Å². The summed E-state index contributed by atoms with van der Waals surface area (Å²) in [6.45, 7) is 2.15. The zero-order valence-electron chi connectivity index (χ0n) is 8.59. The van der Waals surface area contributed by atoms with Crippen molar-refractivity contribution in [2.45, 2.75) is 13.3 Å². The number of rotatable bonds is 3. The van der Waals surface area contributed by atoms with Gasteiger partial charge in [0.05, 0.1) is 18.6 Å². The third-order valence-corrected chi connectivity index (χ3v) is 3.53. The van der Waals surface area contributed by atoms with Crippen LogP contribution in [0.5, 0.6) is 0 Å². The second-order valence-electron chi connectivity index (χ2n) is 3.02. The molecule has 3 nitrogen and oxygen atoms in total. The smallest absolute Gasteiger partial charge is 0.310 e. The van der Waals surface area contributed by atoms with Crippen LogP contribution in [0.4, 0.5) is 0 Å². The molecule has 0 aliphatic carbocycles. The molecular weight excluding hydrogens is 385 g/mol. The minimum atomic E-state index is -0.260. The Balaban J connectivity index is 2.95. The van der Waals surface area contributed by atoms with Crippen LogP contribution in [0, 0.1) is 14.9 Å². The van der Waals surface area contributed by atoms with Crippen molar-refractivity contribution >= 4 is 44.5 Å². The second kappa shape index (κ2) is 6.21. The van der Waals surface area contributed by atoms with Crippen molar-refractivity contribution in [1.82, 2.24) is 0 Å². The zero-order chi connectivity index (χ0) is 12.1. The van der Waals surface area contributed by atoms with Crippen molar-refractivity contribution in [2.24, 2.45) is 0 Å². The molecule has 16 heavy (non-hydrogen) atoms. The molecule has 1 rings (SSSR count). The highest BCUT2D eigenvalue weighted by Crippen LogP contribution is 2.23. The summed E-state index contributed by atoms with van der Waals surface area (Å²) in [4.78, 5) is 11.3. The van der Waals surface area contributed by atoms with Gasteiger partial charge in [0.25, 0.3) is 0 Å². The molecule has 0 saturated heterocycles. The first kappa shape index (κ1) is 13.5. The summed E-state index contributed by atoms with van der Waals surface area (Å²) in [5, 5.41) is 8.83. The van der Waals surface area contributed by atoms with Crippen LogP contribution in [-0.4, -0.2) is 12.6 Å². The molecule has 0 radical (unpaired) electrons. The predicted octanol–water partition coefficient (Wildman–Crippen LogP) is 3.03. The summed E-state index contributed by atoms with van der Waals surface area (Å²) >= 11 is 5.41. The normalized spacial score (nSPS) is 9.62. The van der Waals surface area contributed by atoms with Crippen molar-refractivity contribution in [3.63, 3.8) is 0 Å². The van der Waals surface area contributed by atoms with Crippen molar-refractivity contribution in [3.8, 4) is 6.07 Å². The summed E-state index contributed by atoms with van der Waals surface area (Å²) in [6.07, 6.45) is 0.218. The minimum absolute atomic E-state index is 0.218. The van der Waals surface area contributed by atoms with Crippen LogP contribution in [0.2, 0.25) is 0 Å². The van der Waals surface area contributed by atoms with E-state index in [2.05, 4.69) is 44.6 Å². The molecule has 1 aromatic carbocycles. The Morgan fingerprint density at radius 1 is 1.62 bits per heavy atom. The number of esters is 1. The quantitative estimate of drug-likeness (QED) is 0.585. The molecule has 84 valence electrons. The number of halogens is 2. The van der Waals surface area contributed by atoms with E-state index in [1.54, 1.807) is 13.0 Å². The van der Waals surface area contributed by atoms with Gasteiger partial charge in [-0.1, -0.05) is 15.9 Å². The van der Waals surface area contributed by atoms with Crippen molar-refractivity contribution in [3.05, 3.63) is 31.3 Å². The van der Waals surface area contributed by atoms with Gasteiger partial charge in [0.15, 0.2) is 0 Å². The fraction of sp³-hybridized carbons (Fsp3) is 0.273.